The number of carbonyl (C=O) groups excluding carboxylic acids is 1. The maximum atomic E-state index is 10.9. The maximum Gasteiger partial charge on any atom is 0.319 e. The van der Waals surface area contributed by atoms with Gasteiger partial charge in [0.25, 0.3) is 0 Å². The summed E-state index contributed by atoms with van der Waals surface area (Å²) >= 11 is 0. The normalized spacial score (nSPS) is 12.9. The maximum absolute atomic E-state index is 10.9. The first kappa shape index (κ1) is 14.3. The molecule has 0 aromatic heterocycles. The monoisotopic (exact) mass is 219 g/mol. The zero-order valence-electron chi connectivity index (χ0n) is 9.66. The molecule has 0 heterocycles. The van der Waals surface area contributed by atoms with Crippen molar-refractivity contribution in [3.8, 4) is 0 Å². The van der Waals surface area contributed by atoms with Crippen LogP contribution in [0.4, 0.5) is 0 Å². The Morgan fingerprint density at radius 2 is 2.13 bits per heavy atom. The minimum atomic E-state index is -0.596. The number of rotatable bonds is 8. The van der Waals surface area contributed by atoms with Crippen molar-refractivity contribution >= 4 is 5.97 Å². The topological polar surface area (TPSA) is 67.8 Å². The third kappa shape index (κ3) is 9.65. The summed E-state index contributed by atoms with van der Waals surface area (Å²) in [5.41, 5.74) is 0. The molecule has 2 N–H and O–H groups in total. The zero-order chi connectivity index (χ0) is 11.7. The Hall–Kier alpha value is -0.650. The Labute approximate surface area is 90.8 Å². The summed E-state index contributed by atoms with van der Waals surface area (Å²) in [6.07, 6.45) is -0.494. The van der Waals surface area contributed by atoms with Crippen molar-refractivity contribution in [3.63, 3.8) is 0 Å². The average molecular weight is 219 g/mol. The van der Waals surface area contributed by atoms with E-state index in [-0.39, 0.29) is 25.2 Å². The third-order valence-corrected chi connectivity index (χ3v) is 1.58. The van der Waals surface area contributed by atoms with Gasteiger partial charge in [-0.05, 0) is 20.8 Å². The fourth-order valence-corrected chi connectivity index (χ4v) is 0.915. The molecule has 1 atom stereocenters. The van der Waals surface area contributed by atoms with E-state index in [4.69, 9.17) is 9.47 Å². The molecule has 0 fully saturated rings. The van der Waals surface area contributed by atoms with Crippen molar-refractivity contribution in [2.75, 3.05) is 26.3 Å². The molecule has 0 aromatic carbocycles. The second-order valence-corrected chi connectivity index (χ2v) is 3.47. The Bertz CT molecular complexity index is 173. The highest BCUT2D eigenvalue weighted by Crippen LogP contribution is 1.90. The van der Waals surface area contributed by atoms with E-state index < -0.39 is 6.10 Å². The molecule has 0 radical (unpaired) electrons. The summed E-state index contributed by atoms with van der Waals surface area (Å²) in [5, 5.41) is 12.2. The van der Waals surface area contributed by atoms with E-state index in [1.54, 1.807) is 6.92 Å². The van der Waals surface area contributed by atoms with Crippen LogP contribution in [0.3, 0.4) is 0 Å². The van der Waals surface area contributed by atoms with E-state index in [9.17, 15) is 9.90 Å². The summed E-state index contributed by atoms with van der Waals surface area (Å²) in [5.74, 6) is -0.311. The van der Waals surface area contributed by atoms with Crippen LogP contribution in [0.2, 0.25) is 0 Å². The van der Waals surface area contributed by atoms with E-state index >= 15 is 0 Å². The van der Waals surface area contributed by atoms with Gasteiger partial charge in [-0.15, -0.1) is 0 Å². The molecule has 1 unspecified atom stereocenters. The van der Waals surface area contributed by atoms with Crippen LogP contribution in [0.15, 0.2) is 0 Å². The Morgan fingerprint density at radius 1 is 1.47 bits per heavy atom. The van der Waals surface area contributed by atoms with Crippen LogP contribution in [-0.4, -0.2) is 49.6 Å². The van der Waals surface area contributed by atoms with Gasteiger partial charge >= 0.3 is 5.97 Å². The molecule has 0 aliphatic heterocycles. The van der Waals surface area contributed by atoms with Gasteiger partial charge in [-0.25, -0.2) is 0 Å². The molecule has 0 saturated heterocycles. The smallest absolute Gasteiger partial charge is 0.319 e. The van der Waals surface area contributed by atoms with Gasteiger partial charge in [-0.1, -0.05) is 0 Å². The van der Waals surface area contributed by atoms with Crippen molar-refractivity contribution in [2.24, 2.45) is 0 Å². The minimum Gasteiger partial charge on any atom is -0.465 e. The lowest BCUT2D eigenvalue weighted by atomic mass is 10.3. The number of aliphatic hydroxyl groups is 1. The lowest BCUT2D eigenvalue weighted by Crippen LogP contribution is -2.34. The minimum absolute atomic E-state index is 0.102. The first-order valence-electron chi connectivity index (χ1n) is 5.22. The second kappa shape index (κ2) is 8.64. The van der Waals surface area contributed by atoms with Crippen LogP contribution in [0, 0.1) is 0 Å². The molecule has 0 saturated carbocycles. The Kier molecular flexibility index (Phi) is 8.27. The SMILES string of the molecule is CCOC(=O)CNCC(O)COC(C)C. The van der Waals surface area contributed by atoms with Crippen molar-refractivity contribution in [2.45, 2.75) is 33.0 Å². The van der Waals surface area contributed by atoms with Crippen molar-refractivity contribution in [3.05, 3.63) is 0 Å². The van der Waals surface area contributed by atoms with Crippen LogP contribution in [-0.2, 0) is 14.3 Å². The molecule has 5 nitrogen and oxygen atoms in total. The first-order chi connectivity index (χ1) is 7.06. The zero-order valence-corrected chi connectivity index (χ0v) is 9.66. The standard InChI is InChI=1S/C10H21NO4/c1-4-14-10(13)6-11-5-9(12)7-15-8(2)3/h8-9,11-12H,4-7H2,1-3H3. The predicted molar refractivity (Wildman–Crippen MR) is 56.6 cm³/mol. The first-order valence-corrected chi connectivity index (χ1v) is 5.22. The largest absolute Gasteiger partial charge is 0.465 e. The number of hydrogen-bond acceptors (Lipinski definition) is 5. The van der Waals surface area contributed by atoms with Gasteiger partial charge < -0.3 is 19.9 Å². The molecule has 5 heteroatoms. The van der Waals surface area contributed by atoms with E-state index in [1.807, 2.05) is 13.8 Å². The molecule has 0 rings (SSSR count). The van der Waals surface area contributed by atoms with E-state index in [1.165, 1.54) is 0 Å². The van der Waals surface area contributed by atoms with E-state index in [0.717, 1.165) is 0 Å². The van der Waals surface area contributed by atoms with Gasteiger partial charge in [-0.2, -0.15) is 0 Å². The van der Waals surface area contributed by atoms with E-state index in [2.05, 4.69) is 5.32 Å². The molecule has 90 valence electrons. The fourth-order valence-electron chi connectivity index (χ4n) is 0.915. The highest BCUT2D eigenvalue weighted by molar-refractivity contribution is 5.71. The van der Waals surface area contributed by atoms with Crippen LogP contribution in [0.5, 0.6) is 0 Å². The quantitative estimate of drug-likeness (QED) is 0.559. The van der Waals surface area contributed by atoms with Crippen LogP contribution in [0.1, 0.15) is 20.8 Å². The number of hydrogen-bond donors (Lipinski definition) is 2. The summed E-state index contributed by atoms with van der Waals surface area (Å²) in [6, 6.07) is 0. The average Bonchev–Trinajstić information content (AvgIpc) is 2.15. The number of ether oxygens (including phenoxy) is 2. The van der Waals surface area contributed by atoms with Gasteiger partial charge in [0.1, 0.15) is 0 Å². The number of carbonyl (C=O) groups is 1. The molecular formula is C10H21NO4. The van der Waals surface area contributed by atoms with Crippen molar-refractivity contribution in [1.29, 1.82) is 0 Å². The lowest BCUT2D eigenvalue weighted by molar-refractivity contribution is -0.142. The van der Waals surface area contributed by atoms with Crippen LogP contribution >= 0.6 is 0 Å². The Morgan fingerprint density at radius 3 is 2.67 bits per heavy atom. The second-order valence-electron chi connectivity index (χ2n) is 3.47. The summed E-state index contributed by atoms with van der Waals surface area (Å²) in [4.78, 5) is 10.9. The predicted octanol–water partition coefficient (Wildman–Crippen LogP) is -0.0750. The number of esters is 1. The van der Waals surface area contributed by atoms with E-state index in [0.29, 0.717) is 13.2 Å². The lowest BCUT2D eigenvalue weighted by Gasteiger charge is -2.13. The van der Waals surface area contributed by atoms with Crippen molar-refractivity contribution < 1.29 is 19.4 Å². The van der Waals surface area contributed by atoms with Crippen LogP contribution in [0.25, 0.3) is 0 Å². The molecule has 0 aromatic rings. The molecule has 0 bridgehead atoms. The highest BCUT2D eigenvalue weighted by atomic mass is 16.5. The van der Waals surface area contributed by atoms with Gasteiger partial charge in [0, 0.05) is 6.54 Å². The van der Waals surface area contributed by atoms with Gasteiger partial charge in [0.15, 0.2) is 0 Å². The number of nitrogens with one attached hydrogen (secondary N) is 1. The molecular weight excluding hydrogens is 198 g/mol. The summed E-state index contributed by atoms with van der Waals surface area (Å²) < 4.78 is 9.91. The van der Waals surface area contributed by atoms with Crippen LogP contribution < -0.4 is 5.32 Å². The summed E-state index contributed by atoms with van der Waals surface area (Å²) in [7, 11) is 0. The number of aliphatic hydroxyl groups excluding tert-OH is 1. The van der Waals surface area contributed by atoms with Crippen molar-refractivity contribution in [1.82, 2.24) is 5.32 Å². The van der Waals surface area contributed by atoms with Gasteiger partial charge in [0.2, 0.25) is 0 Å². The molecule has 0 amide bonds. The third-order valence-electron chi connectivity index (χ3n) is 1.58. The molecule has 0 spiro atoms. The highest BCUT2D eigenvalue weighted by Gasteiger charge is 2.07. The van der Waals surface area contributed by atoms with Gasteiger partial charge in [-0.3, -0.25) is 4.79 Å². The molecule has 15 heavy (non-hydrogen) atoms. The summed E-state index contributed by atoms with van der Waals surface area (Å²) in [6.45, 7) is 6.64. The fraction of sp³-hybridized carbons (Fsp3) is 0.900. The van der Waals surface area contributed by atoms with Gasteiger partial charge in [0.05, 0.1) is 32.0 Å². The molecule has 0 aliphatic carbocycles. The molecule has 0 aliphatic rings. The Balaban J connectivity index is 3.38.